The molecule has 1 saturated heterocycles. The van der Waals surface area contributed by atoms with Gasteiger partial charge >= 0.3 is 5.69 Å². The molecule has 2 aliphatic carbocycles. The molecule has 4 aromatic rings. The molecule has 1 N–H and O–H groups in total. The van der Waals surface area contributed by atoms with Gasteiger partial charge in [-0.25, -0.2) is 18.7 Å². The van der Waals surface area contributed by atoms with Crippen molar-refractivity contribution >= 4 is 16.9 Å². The number of nitrogens with one attached hydrogen (secondary N) is 1. The van der Waals surface area contributed by atoms with Gasteiger partial charge in [-0.2, -0.15) is 0 Å². The molecule has 2 saturated carbocycles. The van der Waals surface area contributed by atoms with Crippen molar-refractivity contribution in [2.24, 2.45) is 0 Å². The summed E-state index contributed by atoms with van der Waals surface area (Å²) < 4.78 is 17.2. The molecule has 258 valence electrons. The van der Waals surface area contributed by atoms with Crippen molar-refractivity contribution in [3.05, 3.63) is 93.0 Å². The van der Waals surface area contributed by atoms with Crippen LogP contribution < -0.4 is 16.6 Å². The highest BCUT2D eigenvalue weighted by Gasteiger charge is 2.52. The first kappa shape index (κ1) is 33.3. The molecule has 0 unspecified atom stereocenters. The van der Waals surface area contributed by atoms with Gasteiger partial charge in [0.25, 0.3) is 5.56 Å². The summed E-state index contributed by atoms with van der Waals surface area (Å²) in [5.74, 6) is -0.587. The third kappa shape index (κ3) is 6.59. The van der Waals surface area contributed by atoms with Gasteiger partial charge in [-0.1, -0.05) is 43.3 Å². The Labute approximate surface area is 286 Å². The smallest absolute Gasteiger partial charge is 0.337 e. The van der Waals surface area contributed by atoms with Crippen LogP contribution in [0, 0.1) is 5.82 Å². The molecule has 3 fully saturated rings. The maximum Gasteiger partial charge on any atom is 0.337 e. The number of hydrogen-bond donors (Lipinski definition) is 1. The number of pyridine rings is 1. The van der Waals surface area contributed by atoms with E-state index < -0.39 is 22.6 Å². The standard InChI is InChI=1S/C38H46FN7O3/c1-4-43-18-20-44(21-19-43)25-26-8-10-27(11-9-26)28-6-5-7-32(22-28)45-34-33(23-29(39)24-40-34)35(47)46(37(45)49)31-14-12-30(13-15-31)41-36(48)38(16-17-38)42(2)3/h5-11,22-24,30-31H,4,12-21,25H2,1-3H3,(H,41,48). The molecule has 10 nitrogen and oxygen atoms in total. The van der Waals surface area contributed by atoms with E-state index in [1.807, 2.05) is 43.3 Å². The van der Waals surface area contributed by atoms with Crippen LogP contribution in [-0.2, 0) is 11.3 Å². The van der Waals surface area contributed by atoms with Gasteiger partial charge in [0.1, 0.15) is 5.82 Å². The lowest BCUT2D eigenvalue weighted by molar-refractivity contribution is -0.128. The molecule has 3 aliphatic rings. The Bertz CT molecular complexity index is 1950. The third-order valence-electron chi connectivity index (χ3n) is 11.0. The molecule has 0 spiro atoms. The predicted octanol–water partition coefficient (Wildman–Crippen LogP) is 4.19. The van der Waals surface area contributed by atoms with Crippen LogP contribution in [0.25, 0.3) is 27.8 Å². The lowest BCUT2D eigenvalue weighted by atomic mass is 9.90. The molecule has 0 bridgehead atoms. The molecule has 0 radical (unpaired) electrons. The second-order valence-corrected chi connectivity index (χ2v) is 14.2. The van der Waals surface area contributed by atoms with Crippen molar-refractivity contribution in [1.29, 1.82) is 0 Å². The Balaban J connectivity index is 1.15. The number of carbonyl (C=O) groups excluding carboxylic acids is 1. The minimum atomic E-state index is -0.635. The fraction of sp³-hybridized carbons (Fsp3) is 0.474. The first-order valence-electron chi connectivity index (χ1n) is 17.6. The summed E-state index contributed by atoms with van der Waals surface area (Å²) in [6.45, 7) is 8.54. The number of piperazine rings is 1. The molecule has 49 heavy (non-hydrogen) atoms. The highest BCUT2D eigenvalue weighted by molar-refractivity contribution is 5.89. The fourth-order valence-corrected chi connectivity index (χ4v) is 7.68. The van der Waals surface area contributed by atoms with Gasteiger partial charge in [0, 0.05) is 44.8 Å². The van der Waals surface area contributed by atoms with Crippen LogP contribution in [0.2, 0.25) is 0 Å². The van der Waals surface area contributed by atoms with Crippen LogP contribution in [0.15, 0.2) is 70.4 Å². The van der Waals surface area contributed by atoms with Gasteiger partial charge in [0.05, 0.1) is 22.8 Å². The van der Waals surface area contributed by atoms with E-state index in [9.17, 15) is 18.8 Å². The maximum absolute atomic E-state index is 14.5. The minimum absolute atomic E-state index is 0.0204. The van der Waals surface area contributed by atoms with E-state index in [4.69, 9.17) is 0 Å². The number of amides is 1. The third-order valence-corrected chi connectivity index (χ3v) is 11.0. The summed E-state index contributed by atoms with van der Waals surface area (Å²) >= 11 is 0. The van der Waals surface area contributed by atoms with Crippen molar-refractivity contribution in [2.75, 3.05) is 46.8 Å². The second kappa shape index (κ2) is 13.6. The number of hydrogen-bond acceptors (Lipinski definition) is 7. The number of halogens is 1. The topological polar surface area (TPSA) is 95.7 Å². The van der Waals surface area contributed by atoms with Gasteiger partial charge < -0.3 is 10.2 Å². The van der Waals surface area contributed by atoms with E-state index in [0.29, 0.717) is 31.4 Å². The number of nitrogens with zero attached hydrogens (tertiary/aromatic N) is 6. The highest BCUT2D eigenvalue weighted by atomic mass is 19.1. The average Bonchev–Trinajstić information content (AvgIpc) is 3.93. The minimum Gasteiger partial charge on any atom is -0.352 e. The van der Waals surface area contributed by atoms with E-state index in [1.165, 1.54) is 20.8 Å². The van der Waals surface area contributed by atoms with E-state index in [0.717, 1.165) is 69.4 Å². The van der Waals surface area contributed by atoms with E-state index in [2.05, 4.69) is 51.3 Å². The Morgan fingerprint density at radius 2 is 1.63 bits per heavy atom. The summed E-state index contributed by atoms with van der Waals surface area (Å²) in [6, 6.07) is 16.9. The lowest BCUT2D eigenvalue weighted by Gasteiger charge is -2.34. The molecular formula is C38H46FN7O3. The molecule has 1 amide bonds. The summed E-state index contributed by atoms with van der Waals surface area (Å²) in [7, 11) is 3.86. The number of aromatic nitrogens is 3. The summed E-state index contributed by atoms with van der Waals surface area (Å²) in [6.07, 6.45) is 5.12. The maximum atomic E-state index is 14.5. The lowest BCUT2D eigenvalue weighted by Crippen LogP contribution is -2.50. The SMILES string of the molecule is CCN1CCN(Cc2ccc(-c3cccc(-n4c(=O)n(C5CCC(NC(=O)C6(N(C)C)CC6)CC5)c(=O)c5cc(F)cnc54)c3)cc2)CC1. The van der Waals surface area contributed by atoms with Crippen LogP contribution in [0.5, 0.6) is 0 Å². The summed E-state index contributed by atoms with van der Waals surface area (Å²) in [5.41, 5.74) is 2.41. The number of benzene rings is 2. The van der Waals surface area contributed by atoms with E-state index in [1.54, 1.807) is 0 Å². The van der Waals surface area contributed by atoms with Crippen molar-refractivity contribution in [1.82, 2.24) is 34.1 Å². The van der Waals surface area contributed by atoms with Gasteiger partial charge in [-0.3, -0.25) is 24.0 Å². The molecule has 3 heterocycles. The molecular weight excluding hydrogens is 621 g/mol. The highest BCUT2D eigenvalue weighted by Crippen LogP contribution is 2.41. The zero-order valence-corrected chi connectivity index (χ0v) is 28.7. The molecule has 7 rings (SSSR count). The summed E-state index contributed by atoms with van der Waals surface area (Å²) in [5, 5.41) is 3.27. The average molecular weight is 668 g/mol. The van der Waals surface area contributed by atoms with Crippen LogP contribution in [-0.4, -0.2) is 93.1 Å². The van der Waals surface area contributed by atoms with Crippen LogP contribution in [0.1, 0.15) is 57.1 Å². The first-order valence-corrected chi connectivity index (χ1v) is 17.6. The predicted molar refractivity (Wildman–Crippen MR) is 189 cm³/mol. The largest absolute Gasteiger partial charge is 0.352 e. The van der Waals surface area contributed by atoms with Crippen LogP contribution in [0.4, 0.5) is 4.39 Å². The molecule has 1 aliphatic heterocycles. The van der Waals surface area contributed by atoms with Crippen molar-refractivity contribution < 1.29 is 9.18 Å². The number of rotatable bonds is 9. The van der Waals surface area contributed by atoms with Crippen LogP contribution >= 0.6 is 0 Å². The Hall–Kier alpha value is -4.19. The zero-order chi connectivity index (χ0) is 34.3. The van der Waals surface area contributed by atoms with E-state index >= 15 is 0 Å². The van der Waals surface area contributed by atoms with Crippen LogP contribution in [0.3, 0.4) is 0 Å². The van der Waals surface area contributed by atoms with Gasteiger partial charge in [0.15, 0.2) is 5.65 Å². The number of carbonyl (C=O) groups is 1. The Morgan fingerprint density at radius 1 is 0.939 bits per heavy atom. The second-order valence-electron chi connectivity index (χ2n) is 14.2. The molecule has 2 aromatic carbocycles. The monoisotopic (exact) mass is 667 g/mol. The van der Waals surface area contributed by atoms with Crippen molar-refractivity contribution in [3.63, 3.8) is 0 Å². The normalized spacial score (nSPS) is 21.2. The Morgan fingerprint density at radius 3 is 2.29 bits per heavy atom. The molecule has 2 aromatic heterocycles. The van der Waals surface area contributed by atoms with Gasteiger partial charge in [0.2, 0.25) is 5.91 Å². The quantitative estimate of drug-likeness (QED) is 0.286. The van der Waals surface area contributed by atoms with Crippen molar-refractivity contribution in [2.45, 2.75) is 69.6 Å². The van der Waals surface area contributed by atoms with Crippen molar-refractivity contribution in [3.8, 4) is 16.8 Å². The summed E-state index contributed by atoms with van der Waals surface area (Å²) in [4.78, 5) is 52.3. The zero-order valence-electron chi connectivity index (χ0n) is 28.7. The van der Waals surface area contributed by atoms with E-state index in [-0.39, 0.29) is 29.0 Å². The Kier molecular flexibility index (Phi) is 9.25. The molecule has 11 heteroatoms. The fourth-order valence-electron chi connectivity index (χ4n) is 7.68. The first-order chi connectivity index (χ1) is 23.7. The number of fused-ring (bicyclic) bond motifs is 1. The number of likely N-dealkylation sites (N-methyl/N-ethyl adjacent to an activating group) is 2. The van der Waals surface area contributed by atoms with Gasteiger partial charge in [-0.15, -0.1) is 0 Å². The molecule has 0 atom stereocenters. The van der Waals surface area contributed by atoms with Gasteiger partial charge in [-0.05, 0) is 94.1 Å².